The lowest BCUT2D eigenvalue weighted by molar-refractivity contribution is -0.184. The lowest BCUT2D eigenvalue weighted by Gasteiger charge is -2.28. The number of hydrogen-bond donors (Lipinski definition) is 0. The molecule has 0 aliphatic carbocycles. The van der Waals surface area contributed by atoms with Crippen molar-refractivity contribution in [2.24, 2.45) is 0 Å². The molecule has 27 heavy (non-hydrogen) atoms. The molecule has 2 aromatic carbocycles. The number of hydrogen-bond acceptors (Lipinski definition) is 6. The molecule has 3 atom stereocenters. The van der Waals surface area contributed by atoms with Crippen molar-refractivity contribution in [3.05, 3.63) is 71.8 Å². The lowest BCUT2D eigenvalue weighted by Crippen LogP contribution is -2.41. The van der Waals surface area contributed by atoms with E-state index in [-0.39, 0.29) is 6.61 Å². The molecule has 0 N–H and O–H groups in total. The van der Waals surface area contributed by atoms with E-state index in [1.54, 1.807) is 55.5 Å². The Labute approximate surface area is 158 Å². The van der Waals surface area contributed by atoms with Gasteiger partial charge in [0.2, 0.25) is 0 Å². The summed E-state index contributed by atoms with van der Waals surface area (Å²) in [7, 11) is 1.48. The number of carbonyl (C=O) groups is 2. The van der Waals surface area contributed by atoms with Crippen LogP contribution in [0, 0.1) is 0 Å². The fourth-order valence-electron chi connectivity index (χ4n) is 3.08. The van der Waals surface area contributed by atoms with Crippen LogP contribution < -0.4 is 0 Å². The van der Waals surface area contributed by atoms with Gasteiger partial charge in [-0.3, -0.25) is 0 Å². The van der Waals surface area contributed by atoms with Crippen molar-refractivity contribution < 1.29 is 28.5 Å². The van der Waals surface area contributed by atoms with E-state index in [0.29, 0.717) is 17.5 Å². The average molecular weight is 370 g/mol. The van der Waals surface area contributed by atoms with Gasteiger partial charge >= 0.3 is 11.9 Å². The van der Waals surface area contributed by atoms with Gasteiger partial charge in [0, 0.05) is 13.5 Å². The lowest BCUT2D eigenvalue weighted by atomic mass is 10.0. The number of methoxy groups -OCH3 is 1. The largest absolute Gasteiger partial charge is 0.459 e. The summed E-state index contributed by atoms with van der Waals surface area (Å²) in [5.41, 5.74) is -0.0597. The van der Waals surface area contributed by atoms with Crippen LogP contribution in [0.2, 0.25) is 0 Å². The minimum atomic E-state index is -0.981. The van der Waals surface area contributed by atoms with E-state index >= 15 is 0 Å². The van der Waals surface area contributed by atoms with Gasteiger partial charge in [-0.05, 0) is 31.2 Å². The van der Waals surface area contributed by atoms with Crippen molar-refractivity contribution in [2.75, 3.05) is 13.7 Å². The molecule has 0 bridgehead atoms. The van der Waals surface area contributed by atoms with Crippen LogP contribution in [0.25, 0.3) is 0 Å². The SMILES string of the molecule is COC1OC(COC(=O)c2ccccc2)CC1(C)OC(=O)c1ccccc1. The molecule has 142 valence electrons. The molecule has 0 radical (unpaired) electrons. The zero-order chi connectivity index (χ0) is 19.3. The monoisotopic (exact) mass is 370 g/mol. The molecule has 1 saturated heterocycles. The Morgan fingerprint density at radius 1 is 1.00 bits per heavy atom. The molecule has 0 saturated carbocycles. The molecule has 6 heteroatoms. The van der Waals surface area contributed by atoms with Gasteiger partial charge in [-0.25, -0.2) is 9.59 Å². The second-order valence-corrected chi connectivity index (χ2v) is 6.56. The Kier molecular flexibility index (Phi) is 5.88. The smallest absolute Gasteiger partial charge is 0.338 e. The van der Waals surface area contributed by atoms with Crippen LogP contribution in [-0.4, -0.2) is 43.7 Å². The highest BCUT2D eigenvalue weighted by molar-refractivity contribution is 5.90. The van der Waals surface area contributed by atoms with Crippen LogP contribution in [0.5, 0.6) is 0 Å². The molecule has 3 unspecified atom stereocenters. The molecule has 3 rings (SSSR count). The van der Waals surface area contributed by atoms with Gasteiger partial charge in [0.1, 0.15) is 6.61 Å². The molecule has 1 fully saturated rings. The van der Waals surface area contributed by atoms with Gasteiger partial charge in [-0.2, -0.15) is 0 Å². The topological polar surface area (TPSA) is 71.1 Å². The highest BCUT2D eigenvalue weighted by Gasteiger charge is 2.49. The molecule has 0 spiro atoms. The standard InChI is InChI=1S/C21H22O6/c1-21(27-19(23)16-11-7-4-8-12-16)13-17(26-20(21)24-2)14-25-18(22)15-9-5-3-6-10-15/h3-12,17,20H,13-14H2,1-2H3. The van der Waals surface area contributed by atoms with Crippen LogP contribution in [0.4, 0.5) is 0 Å². The second kappa shape index (κ2) is 8.33. The Morgan fingerprint density at radius 3 is 2.11 bits per heavy atom. The Bertz CT molecular complexity index is 776. The zero-order valence-electron chi connectivity index (χ0n) is 15.3. The normalized spacial score (nSPS) is 24.4. The van der Waals surface area contributed by atoms with Crippen LogP contribution >= 0.6 is 0 Å². The number of carbonyl (C=O) groups excluding carboxylic acids is 2. The first-order valence-electron chi connectivity index (χ1n) is 8.70. The maximum absolute atomic E-state index is 12.4. The second-order valence-electron chi connectivity index (χ2n) is 6.56. The first kappa shape index (κ1) is 19.1. The third kappa shape index (κ3) is 4.53. The quantitative estimate of drug-likeness (QED) is 0.727. The van der Waals surface area contributed by atoms with E-state index in [2.05, 4.69) is 0 Å². The Morgan fingerprint density at radius 2 is 1.56 bits per heavy atom. The molecular weight excluding hydrogens is 348 g/mol. The van der Waals surface area contributed by atoms with Gasteiger partial charge < -0.3 is 18.9 Å². The van der Waals surface area contributed by atoms with E-state index in [4.69, 9.17) is 18.9 Å². The van der Waals surface area contributed by atoms with E-state index in [1.807, 2.05) is 12.1 Å². The highest BCUT2D eigenvalue weighted by Crippen LogP contribution is 2.35. The fourth-order valence-corrected chi connectivity index (χ4v) is 3.08. The third-order valence-corrected chi connectivity index (χ3v) is 4.41. The fraction of sp³-hybridized carbons (Fsp3) is 0.333. The molecule has 1 heterocycles. The van der Waals surface area contributed by atoms with Gasteiger partial charge in [0.15, 0.2) is 11.9 Å². The van der Waals surface area contributed by atoms with E-state index in [1.165, 1.54) is 7.11 Å². The summed E-state index contributed by atoms with van der Waals surface area (Å²) in [5.74, 6) is -0.881. The van der Waals surface area contributed by atoms with E-state index < -0.39 is 29.9 Å². The van der Waals surface area contributed by atoms with Crippen molar-refractivity contribution in [3.8, 4) is 0 Å². The van der Waals surface area contributed by atoms with Gasteiger partial charge in [-0.1, -0.05) is 36.4 Å². The summed E-state index contributed by atoms with van der Waals surface area (Å²) < 4.78 is 22.1. The van der Waals surface area contributed by atoms with Gasteiger partial charge in [0.25, 0.3) is 0 Å². The molecule has 0 aromatic heterocycles. The molecule has 1 aliphatic rings. The zero-order valence-corrected chi connectivity index (χ0v) is 15.3. The van der Waals surface area contributed by atoms with Crippen LogP contribution in [-0.2, 0) is 18.9 Å². The van der Waals surface area contributed by atoms with Gasteiger partial charge in [0.05, 0.1) is 17.2 Å². The summed E-state index contributed by atoms with van der Waals surface area (Å²) in [4.78, 5) is 24.5. The maximum atomic E-state index is 12.4. The van der Waals surface area contributed by atoms with E-state index in [0.717, 1.165) is 0 Å². The van der Waals surface area contributed by atoms with Crippen molar-refractivity contribution in [1.82, 2.24) is 0 Å². The molecule has 1 aliphatic heterocycles. The summed E-state index contributed by atoms with van der Waals surface area (Å²) in [6.07, 6.45) is -0.826. The van der Waals surface area contributed by atoms with E-state index in [9.17, 15) is 9.59 Å². The van der Waals surface area contributed by atoms with Crippen molar-refractivity contribution in [1.29, 1.82) is 0 Å². The Hall–Kier alpha value is -2.70. The third-order valence-electron chi connectivity index (χ3n) is 4.41. The number of ether oxygens (including phenoxy) is 4. The molecular formula is C21H22O6. The van der Waals surface area contributed by atoms with Crippen molar-refractivity contribution >= 4 is 11.9 Å². The maximum Gasteiger partial charge on any atom is 0.338 e. The number of esters is 2. The summed E-state index contributed by atoms with van der Waals surface area (Å²) >= 11 is 0. The van der Waals surface area contributed by atoms with Crippen LogP contribution in [0.3, 0.4) is 0 Å². The number of rotatable bonds is 6. The average Bonchev–Trinajstić information content (AvgIpc) is 3.02. The first-order chi connectivity index (χ1) is 13.0. The highest BCUT2D eigenvalue weighted by atomic mass is 16.7. The van der Waals surface area contributed by atoms with Crippen molar-refractivity contribution in [3.63, 3.8) is 0 Å². The minimum Gasteiger partial charge on any atom is -0.459 e. The van der Waals surface area contributed by atoms with Gasteiger partial charge in [-0.15, -0.1) is 0 Å². The molecule has 0 amide bonds. The number of benzene rings is 2. The van der Waals surface area contributed by atoms with Crippen LogP contribution in [0.1, 0.15) is 34.1 Å². The summed E-state index contributed by atoms with van der Waals surface area (Å²) in [5, 5.41) is 0. The van der Waals surface area contributed by atoms with Crippen molar-refractivity contribution in [2.45, 2.75) is 31.3 Å². The summed E-state index contributed by atoms with van der Waals surface area (Å²) in [6.45, 7) is 1.80. The predicted octanol–water partition coefficient (Wildman–Crippen LogP) is 3.22. The molecule has 6 nitrogen and oxygen atoms in total. The van der Waals surface area contributed by atoms with Crippen LogP contribution in [0.15, 0.2) is 60.7 Å². The Balaban J connectivity index is 1.60. The minimum absolute atomic E-state index is 0.0477. The predicted molar refractivity (Wildman–Crippen MR) is 97.3 cm³/mol. The summed E-state index contributed by atoms with van der Waals surface area (Å²) in [6, 6.07) is 17.5. The molecule has 2 aromatic rings. The first-order valence-corrected chi connectivity index (χ1v) is 8.70.